The molecule has 1 heterocycles. The van der Waals surface area contributed by atoms with Gasteiger partial charge in [0.05, 0.1) is 17.8 Å². The highest BCUT2D eigenvalue weighted by Gasteiger charge is 2.32. The first kappa shape index (κ1) is 10.1. The van der Waals surface area contributed by atoms with Gasteiger partial charge in [0.1, 0.15) is 0 Å². The second-order valence-corrected chi connectivity index (χ2v) is 4.38. The summed E-state index contributed by atoms with van der Waals surface area (Å²) in [6.45, 7) is 4.13. The molecule has 0 spiro atoms. The lowest BCUT2D eigenvalue weighted by Gasteiger charge is -2.09. The molecule has 0 atom stereocenters. The summed E-state index contributed by atoms with van der Waals surface area (Å²) in [5.41, 5.74) is 7.06. The van der Waals surface area contributed by atoms with Gasteiger partial charge in [-0.1, -0.05) is 5.21 Å². The quantitative estimate of drug-likeness (QED) is 0.794. The maximum absolute atomic E-state index is 10.9. The molecule has 1 aliphatic rings. The lowest BCUT2D eigenvalue weighted by atomic mass is 10.1. The van der Waals surface area contributed by atoms with Gasteiger partial charge < -0.3 is 5.73 Å². The highest BCUT2D eigenvalue weighted by molar-refractivity contribution is 5.76. The summed E-state index contributed by atoms with van der Waals surface area (Å²) in [5, 5.41) is 8.14. The van der Waals surface area contributed by atoms with Gasteiger partial charge in [-0.15, -0.1) is 5.10 Å². The molecule has 82 valence electrons. The molecular weight excluding hydrogens is 192 g/mol. The molecule has 1 aromatic rings. The molecule has 0 bridgehead atoms. The first-order valence-electron chi connectivity index (χ1n) is 5.32. The Morgan fingerprint density at radius 2 is 2.27 bits per heavy atom. The van der Waals surface area contributed by atoms with E-state index in [0.29, 0.717) is 5.92 Å². The van der Waals surface area contributed by atoms with Crippen LogP contribution in [0, 0.1) is 0 Å². The van der Waals surface area contributed by atoms with E-state index in [1.54, 1.807) is 0 Å². The van der Waals surface area contributed by atoms with Gasteiger partial charge in [0.25, 0.3) is 0 Å². The van der Waals surface area contributed by atoms with E-state index < -0.39 is 0 Å². The first-order chi connectivity index (χ1) is 7.09. The third-order valence-electron chi connectivity index (χ3n) is 2.60. The van der Waals surface area contributed by atoms with Crippen LogP contribution in [0.25, 0.3) is 0 Å². The maximum atomic E-state index is 10.9. The maximum Gasteiger partial charge on any atom is 0.223 e. The van der Waals surface area contributed by atoms with E-state index in [-0.39, 0.29) is 18.4 Å². The van der Waals surface area contributed by atoms with Crippen molar-refractivity contribution in [1.29, 1.82) is 0 Å². The van der Waals surface area contributed by atoms with Gasteiger partial charge in [0, 0.05) is 12.0 Å². The number of primary amides is 1. The molecule has 0 aromatic carbocycles. The molecular formula is C10H16N4O. The fraction of sp³-hybridized carbons (Fsp3) is 0.700. The molecule has 1 amide bonds. The Morgan fingerprint density at radius 3 is 2.73 bits per heavy atom. The normalized spacial score (nSPS) is 15.9. The molecule has 5 heteroatoms. The number of amides is 1. The van der Waals surface area contributed by atoms with Gasteiger partial charge in [0.15, 0.2) is 0 Å². The van der Waals surface area contributed by atoms with Crippen LogP contribution >= 0.6 is 0 Å². The third kappa shape index (κ3) is 2.00. The summed E-state index contributed by atoms with van der Waals surface area (Å²) in [6.07, 6.45) is 2.55. The van der Waals surface area contributed by atoms with Crippen LogP contribution in [0.1, 0.15) is 50.0 Å². The number of nitrogens with zero attached hydrogens (tertiary/aromatic N) is 3. The monoisotopic (exact) mass is 208 g/mol. The summed E-state index contributed by atoms with van der Waals surface area (Å²) in [6, 6.07) is 0.287. The molecule has 15 heavy (non-hydrogen) atoms. The number of carbonyl (C=O) groups is 1. The summed E-state index contributed by atoms with van der Waals surface area (Å²) in [5.74, 6) is 0.199. The van der Waals surface area contributed by atoms with Crippen LogP contribution < -0.4 is 5.73 Å². The average molecular weight is 208 g/mol. The first-order valence-corrected chi connectivity index (χ1v) is 5.32. The fourth-order valence-electron chi connectivity index (χ4n) is 1.79. The minimum atomic E-state index is -0.340. The Labute approximate surface area is 88.6 Å². The van der Waals surface area contributed by atoms with E-state index >= 15 is 0 Å². The highest BCUT2D eigenvalue weighted by Crippen LogP contribution is 2.41. The summed E-state index contributed by atoms with van der Waals surface area (Å²) in [4.78, 5) is 10.9. The number of hydrogen-bond donors (Lipinski definition) is 1. The van der Waals surface area contributed by atoms with Gasteiger partial charge in [-0.05, 0) is 26.7 Å². The smallest absolute Gasteiger partial charge is 0.223 e. The topological polar surface area (TPSA) is 73.8 Å². The fourth-order valence-corrected chi connectivity index (χ4v) is 1.79. The van der Waals surface area contributed by atoms with Crippen molar-refractivity contribution in [1.82, 2.24) is 15.0 Å². The SMILES string of the molecule is CC(C)n1nnc(CC(N)=O)c1C1CC1. The van der Waals surface area contributed by atoms with E-state index in [4.69, 9.17) is 5.73 Å². The molecule has 1 aromatic heterocycles. The summed E-state index contributed by atoms with van der Waals surface area (Å²) in [7, 11) is 0. The molecule has 1 saturated carbocycles. The summed E-state index contributed by atoms with van der Waals surface area (Å²) >= 11 is 0. The zero-order valence-electron chi connectivity index (χ0n) is 9.10. The highest BCUT2D eigenvalue weighted by atomic mass is 16.1. The average Bonchev–Trinajstić information content (AvgIpc) is 2.87. The van der Waals surface area contributed by atoms with Crippen molar-refractivity contribution in [2.45, 2.75) is 45.1 Å². The predicted molar refractivity (Wildman–Crippen MR) is 55.3 cm³/mol. The van der Waals surface area contributed by atoms with Crippen molar-refractivity contribution in [3.05, 3.63) is 11.4 Å². The molecule has 0 saturated heterocycles. The molecule has 1 aliphatic carbocycles. The van der Waals surface area contributed by atoms with Crippen molar-refractivity contribution >= 4 is 5.91 Å². The Bertz CT molecular complexity index is 379. The Kier molecular flexibility index (Phi) is 2.46. The van der Waals surface area contributed by atoms with Gasteiger partial charge in [-0.25, -0.2) is 4.68 Å². The minimum Gasteiger partial charge on any atom is -0.369 e. The Hall–Kier alpha value is -1.39. The van der Waals surface area contributed by atoms with Gasteiger partial charge >= 0.3 is 0 Å². The molecule has 2 rings (SSSR count). The third-order valence-corrected chi connectivity index (χ3v) is 2.60. The number of carbonyl (C=O) groups excluding carboxylic acids is 1. The number of nitrogens with two attached hydrogens (primary N) is 1. The van der Waals surface area contributed by atoms with Crippen LogP contribution in [0.3, 0.4) is 0 Å². The van der Waals surface area contributed by atoms with E-state index in [9.17, 15) is 4.79 Å². The van der Waals surface area contributed by atoms with E-state index in [1.807, 2.05) is 4.68 Å². The van der Waals surface area contributed by atoms with Crippen LogP contribution in [0.2, 0.25) is 0 Å². The van der Waals surface area contributed by atoms with Gasteiger partial charge in [-0.3, -0.25) is 4.79 Å². The molecule has 0 aliphatic heterocycles. The second kappa shape index (κ2) is 3.64. The zero-order valence-corrected chi connectivity index (χ0v) is 9.10. The largest absolute Gasteiger partial charge is 0.369 e. The lowest BCUT2D eigenvalue weighted by Crippen LogP contribution is -2.15. The van der Waals surface area contributed by atoms with Crippen LogP contribution in [0.5, 0.6) is 0 Å². The Balaban J connectivity index is 2.33. The van der Waals surface area contributed by atoms with Crippen molar-refractivity contribution in [3.63, 3.8) is 0 Å². The molecule has 0 unspecified atom stereocenters. The lowest BCUT2D eigenvalue weighted by molar-refractivity contribution is -0.117. The number of aromatic nitrogens is 3. The van der Waals surface area contributed by atoms with Crippen molar-refractivity contribution < 1.29 is 4.79 Å². The second-order valence-electron chi connectivity index (χ2n) is 4.38. The van der Waals surface area contributed by atoms with Gasteiger partial charge in [-0.2, -0.15) is 0 Å². The Morgan fingerprint density at radius 1 is 1.60 bits per heavy atom. The number of rotatable bonds is 4. The predicted octanol–water partition coefficient (Wildman–Crippen LogP) is 0.764. The summed E-state index contributed by atoms with van der Waals surface area (Å²) < 4.78 is 1.91. The minimum absolute atomic E-state index is 0.207. The molecule has 0 radical (unpaired) electrons. The van der Waals surface area contributed by atoms with Crippen molar-refractivity contribution in [2.75, 3.05) is 0 Å². The molecule has 5 nitrogen and oxygen atoms in total. The van der Waals surface area contributed by atoms with Crippen LogP contribution in [0.15, 0.2) is 0 Å². The van der Waals surface area contributed by atoms with Crippen LogP contribution in [0.4, 0.5) is 0 Å². The molecule has 2 N–H and O–H groups in total. The van der Waals surface area contributed by atoms with Crippen LogP contribution in [-0.2, 0) is 11.2 Å². The van der Waals surface area contributed by atoms with E-state index in [0.717, 1.165) is 11.4 Å². The number of hydrogen-bond acceptors (Lipinski definition) is 3. The van der Waals surface area contributed by atoms with Crippen molar-refractivity contribution in [3.8, 4) is 0 Å². The van der Waals surface area contributed by atoms with Crippen LogP contribution in [-0.4, -0.2) is 20.9 Å². The van der Waals surface area contributed by atoms with E-state index in [2.05, 4.69) is 24.2 Å². The zero-order chi connectivity index (χ0) is 11.0. The standard InChI is InChI=1S/C10H16N4O/c1-6(2)14-10(7-3-4-7)8(12-13-14)5-9(11)15/h6-7H,3-5H2,1-2H3,(H2,11,15). The van der Waals surface area contributed by atoms with E-state index in [1.165, 1.54) is 12.8 Å². The van der Waals surface area contributed by atoms with Crippen molar-refractivity contribution in [2.24, 2.45) is 5.73 Å². The molecule has 1 fully saturated rings. The van der Waals surface area contributed by atoms with Gasteiger partial charge in [0.2, 0.25) is 5.91 Å².